The number of halogens is 5. The van der Waals surface area contributed by atoms with Crippen molar-refractivity contribution in [2.75, 3.05) is 5.43 Å². The van der Waals surface area contributed by atoms with Gasteiger partial charge in [0.15, 0.2) is 29.0 Å². The molecule has 2 heterocycles. The van der Waals surface area contributed by atoms with Gasteiger partial charge in [0.2, 0.25) is 0 Å². The number of aromatic nitrogens is 3. The molecule has 0 aromatic carbocycles. The van der Waals surface area contributed by atoms with Crippen LogP contribution >= 0.6 is 0 Å². The number of rotatable bonds is 2. The second-order valence-corrected chi connectivity index (χ2v) is 3.41. The second-order valence-electron chi connectivity index (χ2n) is 3.41. The molecular formula is C9H6F5N5. The van der Waals surface area contributed by atoms with E-state index in [1.807, 2.05) is 5.43 Å². The SMILES string of the molecule is NNc1nc(-n2ccc(C(F)(F)F)n2)c(F)cc1F. The van der Waals surface area contributed by atoms with Gasteiger partial charge in [0.05, 0.1) is 0 Å². The first-order chi connectivity index (χ1) is 8.82. The van der Waals surface area contributed by atoms with Crippen molar-refractivity contribution in [1.82, 2.24) is 14.8 Å². The van der Waals surface area contributed by atoms with Crippen LogP contribution in [0.15, 0.2) is 18.3 Å². The van der Waals surface area contributed by atoms with Gasteiger partial charge in [-0.05, 0) is 6.07 Å². The molecule has 0 amide bonds. The van der Waals surface area contributed by atoms with Gasteiger partial charge in [-0.25, -0.2) is 24.3 Å². The monoisotopic (exact) mass is 279 g/mol. The van der Waals surface area contributed by atoms with Gasteiger partial charge >= 0.3 is 6.18 Å². The van der Waals surface area contributed by atoms with Crippen LogP contribution in [0, 0.1) is 11.6 Å². The normalized spacial score (nSPS) is 11.7. The smallest absolute Gasteiger partial charge is 0.306 e. The van der Waals surface area contributed by atoms with E-state index in [1.165, 1.54) is 0 Å². The maximum atomic E-state index is 13.4. The standard InChI is InChI=1S/C9H6F5N5/c10-4-3-5(11)8(16-7(4)17-15)19-2-1-6(18-19)9(12,13)14/h1-3H,15H2,(H,16,17). The van der Waals surface area contributed by atoms with Gasteiger partial charge in [-0.15, -0.1) is 0 Å². The Balaban J connectivity index is 2.50. The summed E-state index contributed by atoms with van der Waals surface area (Å²) in [6.07, 6.45) is -3.82. The Kier molecular flexibility index (Phi) is 3.10. The van der Waals surface area contributed by atoms with Gasteiger partial charge in [0.25, 0.3) is 0 Å². The summed E-state index contributed by atoms with van der Waals surface area (Å²) in [5, 5.41) is 3.12. The van der Waals surface area contributed by atoms with Crippen molar-refractivity contribution in [1.29, 1.82) is 0 Å². The molecular weight excluding hydrogens is 273 g/mol. The van der Waals surface area contributed by atoms with Crippen LogP contribution in [0.25, 0.3) is 5.82 Å². The second kappa shape index (κ2) is 4.46. The highest BCUT2D eigenvalue weighted by Gasteiger charge is 2.34. The minimum Gasteiger partial charge on any atom is -0.306 e. The lowest BCUT2D eigenvalue weighted by molar-refractivity contribution is -0.141. The number of hydrogen-bond acceptors (Lipinski definition) is 4. The third kappa shape index (κ3) is 2.47. The first kappa shape index (κ1) is 13.2. The molecule has 0 unspecified atom stereocenters. The van der Waals surface area contributed by atoms with Crippen molar-refractivity contribution in [3.63, 3.8) is 0 Å². The topological polar surface area (TPSA) is 68.8 Å². The molecule has 0 fully saturated rings. The third-order valence-electron chi connectivity index (χ3n) is 2.14. The summed E-state index contributed by atoms with van der Waals surface area (Å²) in [4.78, 5) is 3.40. The predicted molar refractivity (Wildman–Crippen MR) is 54.1 cm³/mol. The van der Waals surface area contributed by atoms with Crippen LogP contribution in [0.2, 0.25) is 0 Å². The Morgan fingerprint density at radius 2 is 1.89 bits per heavy atom. The molecule has 0 saturated heterocycles. The molecule has 102 valence electrons. The minimum absolute atomic E-state index is 0.437. The van der Waals surface area contributed by atoms with E-state index in [9.17, 15) is 22.0 Å². The highest BCUT2D eigenvalue weighted by Crippen LogP contribution is 2.28. The van der Waals surface area contributed by atoms with Gasteiger partial charge in [-0.1, -0.05) is 0 Å². The zero-order chi connectivity index (χ0) is 14.2. The van der Waals surface area contributed by atoms with E-state index < -0.39 is 35.1 Å². The summed E-state index contributed by atoms with van der Waals surface area (Å²) in [7, 11) is 0. The maximum absolute atomic E-state index is 13.4. The van der Waals surface area contributed by atoms with Crippen LogP contribution < -0.4 is 11.3 Å². The lowest BCUT2D eigenvalue weighted by Gasteiger charge is -2.06. The molecule has 2 aromatic heterocycles. The van der Waals surface area contributed by atoms with Crippen molar-refractivity contribution in [3.8, 4) is 5.82 Å². The molecule has 0 bridgehead atoms. The van der Waals surface area contributed by atoms with E-state index >= 15 is 0 Å². The maximum Gasteiger partial charge on any atom is 0.435 e. The fraction of sp³-hybridized carbons (Fsp3) is 0.111. The fourth-order valence-electron chi connectivity index (χ4n) is 1.31. The van der Waals surface area contributed by atoms with Crippen LogP contribution in [0.3, 0.4) is 0 Å². The van der Waals surface area contributed by atoms with Crippen molar-refractivity contribution < 1.29 is 22.0 Å². The summed E-state index contributed by atoms with van der Waals surface area (Å²) in [6, 6.07) is 1.08. The average Bonchev–Trinajstić information content (AvgIpc) is 2.78. The number of nitrogen functional groups attached to an aromatic ring is 1. The van der Waals surface area contributed by atoms with Crippen LogP contribution in [0.4, 0.5) is 27.8 Å². The molecule has 0 radical (unpaired) electrons. The largest absolute Gasteiger partial charge is 0.435 e. The van der Waals surface area contributed by atoms with Crippen molar-refractivity contribution in [3.05, 3.63) is 35.7 Å². The van der Waals surface area contributed by atoms with E-state index in [2.05, 4.69) is 10.1 Å². The Labute approximate surface area is 102 Å². The molecule has 0 spiro atoms. The zero-order valence-corrected chi connectivity index (χ0v) is 9.04. The summed E-state index contributed by atoms with van der Waals surface area (Å²) in [5.41, 5.74) is 0.632. The van der Waals surface area contributed by atoms with Gasteiger partial charge in [0.1, 0.15) is 0 Å². The lowest BCUT2D eigenvalue weighted by atomic mass is 10.4. The average molecular weight is 279 g/mol. The number of alkyl halides is 3. The van der Waals surface area contributed by atoms with Crippen molar-refractivity contribution in [2.24, 2.45) is 5.84 Å². The van der Waals surface area contributed by atoms with Crippen LogP contribution in [0.1, 0.15) is 5.69 Å². The Bertz CT molecular complexity index is 606. The minimum atomic E-state index is -4.67. The number of pyridine rings is 1. The fourth-order valence-corrected chi connectivity index (χ4v) is 1.31. The van der Waals surface area contributed by atoms with Crippen LogP contribution in [-0.4, -0.2) is 14.8 Å². The number of hydrogen-bond donors (Lipinski definition) is 2. The predicted octanol–water partition coefficient (Wildman–Crippen LogP) is 1.85. The molecule has 19 heavy (non-hydrogen) atoms. The molecule has 2 rings (SSSR count). The summed E-state index contributed by atoms with van der Waals surface area (Å²) in [6.45, 7) is 0. The first-order valence-corrected chi connectivity index (χ1v) is 4.79. The van der Waals surface area contributed by atoms with Crippen LogP contribution in [0.5, 0.6) is 0 Å². The zero-order valence-electron chi connectivity index (χ0n) is 9.04. The molecule has 2 aromatic rings. The highest BCUT2D eigenvalue weighted by molar-refractivity contribution is 5.41. The first-order valence-electron chi connectivity index (χ1n) is 4.79. The Morgan fingerprint density at radius 3 is 2.42 bits per heavy atom. The molecule has 0 aliphatic heterocycles. The van der Waals surface area contributed by atoms with E-state index in [1.54, 1.807) is 0 Å². The van der Waals surface area contributed by atoms with E-state index in [4.69, 9.17) is 5.84 Å². The molecule has 10 heteroatoms. The van der Waals surface area contributed by atoms with Crippen molar-refractivity contribution >= 4 is 5.82 Å². The van der Waals surface area contributed by atoms with Gasteiger partial charge in [-0.2, -0.15) is 18.3 Å². The van der Waals surface area contributed by atoms with Crippen molar-refractivity contribution in [2.45, 2.75) is 6.18 Å². The molecule has 0 atom stereocenters. The van der Waals surface area contributed by atoms with E-state index in [0.29, 0.717) is 16.8 Å². The van der Waals surface area contributed by atoms with Gasteiger partial charge in [-0.3, -0.25) is 0 Å². The Morgan fingerprint density at radius 1 is 1.21 bits per heavy atom. The molecule has 0 aliphatic carbocycles. The van der Waals surface area contributed by atoms with Gasteiger partial charge in [0, 0.05) is 12.3 Å². The quantitative estimate of drug-likeness (QED) is 0.500. The molecule has 3 N–H and O–H groups in total. The number of nitrogens with zero attached hydrogens (tertiary/aromatic N) is 3. The van der Waals surface area contributed by atoms with E-state index in [-0.39, 0.29) is 0 Å². The summed E-state index contributed by atoms with van der Waals surface area (Å²) in [5.74, 6) is 1.57. The lowest BCUT2D eigenvalue weighted by Crippen LogP contribution is -2.14. The number of hydrazine groups is 1. The van der Waals surface area contributed by atoms with Gasteiger partial charge < -0.3 is 5.43 Å². The Hall–Kier alpha value is -2.23. The third-order valence-corrected chi connectivity index (χ3v) is 2.14. The molecule has 5 nitrogen and oxygen atoms in total. The van der Waals surface area contributed by atoms with E-state index in [0.717, 1.165) is 6.20 Å². The highest BCUT2D eigenvalue weighted by atomic mass is 19.4. The van der Waals surface area contributed by atoms with Crippen LogP contribution in [-0.2, 0) is 6.18 Å². The summed E-state index contributed by atoms with van der Waals surface area (Å²) < 4.78 is 64.1. The number of nitrogens with one attached hydrogen (secondary N) is 1. The number of anilines is 1. The number of nitrogens with two attached hydrogens (primary N) is 1. The summed E-state index contributed by atoms with van der Waals surface area (Å²) >= 11 is 0. The molecule has 0 saturated carbocycles. The molecule has 0 aliphatic rings.